The first kappa shape index (κ1) is 12.9. The Morgan fingerprint density at radius 2 is 0.733 bits per heavy atom. The van der Waals surface area contributed by atoms with Gasteiger partial charge in [-0.3, -0.25) is 0 Å². The Labute approximate surface area is 104 Å². The van der Waals surface area contributed by atoms with E-state index in [0.29, 0.717) is 0 Å². The van der Waals surface area contributed by atoms with Crippen molar-refractivity contribution in [3.63, 3.8) is 0 Å². The summed E-state index contributed by atoms with van der Waals surface area (Å²) in [5, 5.41) is 0.00000000000000178. The van der Waals surface area contributed by atoms with E-state index >= 15 is 0 Å². The number of halogens is 3. The van der Waals surface area contributed by atoms with E-state index in [1.807, 2.05) is 0 Å². The van der Waals surface area contributed by atoms with Gasteiger partial charge in [0, 0.05) is 0 Å². The van der Waals surface area contributed by atoms with Gasteiger partial charge < -0.3 is 0 Å². The molecule has 1 aliphatic carbocycles. The van der Waals surface area contributed by atoms with Gasteiger partial charge in [0.05, 0.1) is 0 Å². The van der Waals surface area contributed by atoms with Crippen molar-refractivity contribution < 1.29 is 0 Å². The summed E-state index contributed by atoms with van der Waals surface area (Å²) in [5.41, 5.74) is 0. The van der Waals surface area contributed by atoms with Gasteiger partial charge in [-0.15, -0.1) is 0 Å². The van der Waals surface area contributed by atoms with Crippen molar-refractivity contribution in [2.24, 2.45) is 0 Å². The summed E-state index contributed by atoms with van der Waals surface area (Å²) >= 11 is 16.0. The lowest BCUT2D eigenvalue weighted by Crippen LogP contribution is -1.87. The Morgan fingerprint density at radius 1 is 0.533 bits per heavy atom. The number of nitrogens with zero attached hydrogens (tertiary/aromatic N) is 3. The largest absolute Gasteiger partial charge is 0.227 e. The van der Waals surface area contributed by atoms with E-state index in [0.717, 1.165) is 0 Å². The van der Waals surface area contributed by atoms with Crippen molar-refractivity contribution in [2.45, 2.75) is 38.5 Å². The summed E-state index contributed by atoms with van der Waals surface area (Å²) in [6.45, 7) is 0. The molecule has 84 valence electrons. The quantitative estimate of drug-likeness (QED) is 0.709. The Hall–Kier alpha value is -0.120. The molecule has 0 aromatic carbocycles. The molecule has 0 atom stereocenters. The number of rotatable bonds is 0. The minimum absolute atomic E-state index is 0.000000000000000444. The fraction of sp³-hybridized carbons (Fsp3) is 0.667. The van der Waals surface area contributed by atoms with Gasteiger partial charge in [0.2, 0.25) is 15.9 Å². The summed E-state index contributed by atoms with van der Waals surface area (Å²) in [6, 6.07) is 0. The first-order valence-electron chi connectivity index (χ1n) is 4.91. The predicted octanol–water partition coefficient (Wildman–Crippen LogP) is 4.17. The van der Waals surface area contributed by atoms with Gasteiger partial charge >= 0.3 is 0 Å². The second kappa shape index (κ2) is 7.20. The van der Waals surface area contributed by atoms with Crippen LogP contribution >= 0.6 is 34.8 Å². The highest BCUT2D eigenvalue weighted by molar-refractivity contribution is 6.33. The molecule has 1 aromatic rings. The zero-order chi connectivity index (χ0) is 11.1. The Bertz CT molecular complexity index is 241. The maximum Gasteiger partial charge on any atom is 0.227 e. The molecule has 0 amide bonds. The fourth-order valence-electron chi connectivity index (χ4n) is 1.36. The first-order chi connectivity index (χ1) is 7.18. The van der Waals surface area contributed by atoms with Gasteiger partial charge in [-0.05, 0) is 34.8 Å². The first-order valence-corrected chi connectivity index (χ1v) is 6.04. The minimum Gasteiger partial charge on any atom is -0.187 e. The lowest BCUT2D eigenvalue weighted by molar-refractivity contribution is 0.504. The highest BCUT2D eigenvalue weighted by Crippen LogP contribution is 2.15. The topological polar surface area (TPSA) is 38.7 Å². The highest BCUT2D eigenvalue weighted by atomic mass is 35.5. The Morgan fingerprint density at radius 3 is 0.933 bits per heavy atom. The van der Waals surface area contributed by atoms with Gasteiger partial charge in [0.1, 0.15) is 0 Å². The SMILES string of the molecule is C1CCCCC1.Clc1nc(Cl)nc(Cl)n1. The summed E-state index contributed by atoms with van der Waals surface area (Å²) in [6.07, 6.45) is 9.00. The molecular weight excluding hydrogens is 256 g/mol. The molecule has 6 heteroatoms. The summed E-state index contributed by atoms with van der Waals surface area (Å²) < 4.78 is 0. The van der Waals surface area contributed by atoms with E-state index in [1.165, 1.54) is 38.5 Å². The van der Waals surface area contributed by atoms with Gasteiger partial charge in [0.15, 0.2) is 0 Å². The van der Waals surface area contributed by atoms with Crippen LogP contribution in [0, 0.1) is 0 Å². The van der Waals surface area contributed by atoms with Crippen LogP contribution in [0.25, 0.3) is 0 Å². The van der Waals surface area contributed by atoms with Crippen molar-refractivity contribution in [1.82, 2.24) is 15.0 Å². The van der Waals surface area contributed by atoms with Gasteiger partial charge in [-0.25, -0.2) is 0 Å². The normalized spacial score (nSPS) is 15.4. The van der Waals surface area contributed by atoms with Crippen molar-refractivity contribution in [3.05, 3.63) is 15.9 Å². The van der Waals surface area contributed by atoms with E-state index < -0.39 is 0 Å². The van der Waals surface area contributed by atoms with Gasteiger partial charge in [-0.2, -0.15) is 15.0 Å². The molecule has 1 saturated carbocycles. The molecule has 0 bridgehead atoms. The molecule has 15 heavy (non-hydrogen) atoms. The molecule has 0 radical (unpaired) electrons. The zero-order valence-corrected chi connectivity index (χ0v) is 10.5. The minimum atomic E-state index is 0.000000000000000444. The van der Waals surface area contributed by atoms with Crippen LogP contribution in [0.4, 0.5) is 0 Å². The highest BCUT2D eigenvalue weighted by Gasteiger charge is 1.97. The van der Waals surface area contributed by atoms with Crippen LogP contribution in [-0.4, -0.2) is 15.0 Å². The maximum atomic E-state index is 5.32. The third kappa shape index (κ3) is 6.13. The van der Waals surface area contributed by atoms with E-state index in [4.69, 9.17) is 34.8 Å². The third-order valence-corrected chi connectivity index (χ3v) is 2.56. The van der Waals surface area contributed by atoms with Crippen LogP contribution in [0.2, 0.25) is 15.9 Å². The van der Waals surface area contributed by atoms with Crippen LogP contribution in [-0.2, 0) is 0 Å². The molecule has 1 heterocycles. The second-order valence-corrected chi connectivity index (χ2v) is 4.28. The molecule has 0 unspecified atom stereocenters. The molecule has 0 spiro atoms. The summed E-state index contributed by atoms with van der Waals surface area (Å²) in [4.78, 5) is 10.4. The average molecular weight is 269 g/mol. The monoisotopic (exact) mass is 267 g/mol. The van der Waals surface area contributed by atoms with Crippen molar-refractivity contribution >= 4 is 34.8 Å². The molecule has 1 fully saturated rings. The molecule has 3 nitrogen and oxygen atoms in total. The van der Waals surface area contributed by atoms with E-state index in [-0.39, 0.29) is 15.9 Å². The van der Waals surface area contributed by atoms with E-state index in [9.17, 15) is 0 Å². The molecule has 1 aromatic heterocycles. The zero-order valence-electron chi connectivity index (χ0n) is 8.22. The van der Waals surface area contributed by atoms with Crippen LogP contribution in [0.1, 0.15) is 38.5 Å². The smallest absolute Gasteiger partial charge is 0.187 e. The van der Waals surface area contributed by atoms with Crippen molar-refractivity contribution in [1.29, 1.82) is 0 Å². The molecule has 1 aliphatic rings. The number of aromatic nitrogens is 3. The second-order valence-electron chi connectivity index (χ2n) is 3.26. The molecule has 0 aliphatic heterocycles. The van der Waals surface area contributed by atoms with Crippen LogP contribution < -0.4 is 0 Å². The lowest BCUT2D eigenvalue weighted by atomic mass is 10.0. The molecule has 2 rings (SSSR count). The summed E-state index contributed by atoms with van der Waals surface area (Å²) in [5.74, 6) is 0. The number of hydrogen-bond donors (Lipinski definition) is 0. The fourth-order valence-corrected chi connectivity index (χ4v) is 1.97. The average Bonchev–Trinajstić information content (AvgIpc) is 2.19. The van der Waals surface area contributed by atoms with Crippen LogP contribution in [0.15, 0.2) is 0 Å². The lowest BCUT2D eigenvalue weighted by Gasteiger charge is -2.05. The molecule has 0 N–H and O–H groups in total. The Kier molecular flexibility index (Phi) is 6.22. The maximum absolute atomic E-state index is 5.32. The van der Waals surface area contributed by atoms with Crippen LogP contribution in [0.5, 0.6) is 0 Å². The van der Waals surface area contributed by atoms with E-state index in [2.05, 4.69) is 15.0 Å². The summed E-state index contributed by atoms with van der Waals surface area (Å²) in [7, 11) is 0. The Balaban J connectivity index is 0.000000162. The standard InChI is InChI=1S/C6H12.C3Cl3N3/c1-2-4-6-5-3-1;4-1-7-2(5)9-3(6)8-1/h1-6H2;. The number of hydrogen-bond acceptors (Lipinski definition) is 3. The molecular formula is C9H12Cl3N3. The van der Waals surface area contributed by atoms with Gasteiger partial charge in [-0.1, -0.05) is 38.5 Å². The third-order valence-electron chi connectivity index (χ3n) is 2.05. The predicted molar refractivity (Wildman–Crippen MR) is 62.6 cm³/mol. The molecule has 0 saturated heterocycles. The van der Waals surface area contributed by atoms with Crippen molar-refractivity contribution in [3.8, 4) is 0 Å². The van der Waals surface area contributed by atoms with Crippen molar-refractivity contribution in [2.75, 3.05) is 0 Å². The van der Waals surface area contributed by atoms with Gasteiger partial charge in [0.25, 0.3) is 0 Å². The van der Waals surface area contributed by atoms with Crippen LogP contribution in [0.3, 0.4) is 0 Å². The van der Waals surface area contributed by atoms with E-state index in [1.54, 1.807) is 0 Å².